The van der Waals surface area contributed by atoms with Gasteiger partial charge >= 0.3 is 6.09 Å². The number of rotatable bonds is 8. The van der Waals surface area contributed by atoms with E-state index in [1.54, 1.807) is 56.0 Å². The summed E-state index contributed by atoms with van der Waals surface area (Å²) in [6.07, 6.45) is 0.385. The summed E-state index contributed by atoms with van der Waals surface area (Å²) < 4.78 is 5.57. The Balaban J connectivity index is 2.19. The molecule has 37 heavy (non-hydrogen) atoms. The molecule has 0 bridgehead atoms. The molecule has 0 saturated carbocycles. The minimum absolute atomic E-state index is 0.0131. The predicted octanol–water partition coefficient (Wildman–Crippen LogP) is 4.10. The Bertz CT molecular complexity index is 1170. The third-order valence-corrected chi connectivity index (χ3v) is 5.48. The number of carbonyl (C=O) groups is 2. The molecule has 0 heterocycles. The lowest BCUT2D eigenvalue weighted by Gasteiger charge is -2.26. The highest BCUT2D eigenvalue weighted by atomic mass is 16.6. The van der Waals surface area contributed by atoms with Crippen LogP contribution in [0.25, 0.3) is 0 Å². The Morgan fingerprint density at radius 2 is 1.68 bits per heavy atom. The number of nitrogens with one attached hydrogen (secondary N) is 1. The van der Waals surface area contributed by atoms with E-state index < -0.39 is 11.7 Å². The number of amides is 2. The molecule has 0 radical (unpaired) electrons. The second kappa shape index (κ2) is 12.9. The normalized spacial score (nSPS) is 10.9. The summed E-state index contributed by atoms with van der Waals surface area (Å²) >= 11 is 0. The number of ether oxygens (including phenoxy) is 1. The maximum Gasteiger partial charge on any atom is 0.415 e. The van der Waals surface area contributed by atoms with Gasteiger partial charge in [0.25, 0.3) is 5.91 Å². The van der Waals surface area contributed by atoms with Crippen molar-refractivity contribution >= 4 is 23.5 Å². The second-order valence-electron chi connectivity index (χ2n) is 10.2. The van der Waals surface area contributed by atoms with Gasteiger partial charge in [-0.1, -0.05) is 11.8 Å². The van der Waals surface area contributed by atoms with E-state index in [0.29, 0.717) is 23.4 Å². The van der Waals surface area contributed by atoms with Crippen molar-refractivity contribution in [2.45, 2.75) is 39.7 Å². The molecule has 8 heteroatoms. The Morgan fingerprint density at radius 3 is 2.22 bits per heavy atom. The van der Waals surface area contributed by atoms with Gasteiger partial charge in [-0.3, -0.25) is 15.1 Å². The summed E-state index contributed by atoms with van der Waals surface area (Å²) in [7, 11) is 5.85. The summed E-state index contributed by atoms with van der Waals surface area (Å²) in [5.74, 6) is 6.08. The molecule has 2 aromatic carbocycles. The average Bonchev–Trinajstić information content (AvgIpc) is 2.80. The number of nitrogens with two attached hydrogens (primary N) is 1. The van der Waals surface area contributed by atoms with Crippen LogP contribution in [0.3, 0.4) is 0 Å². The largest absolute Gasteiger partial charge is 0.443 e. The minimum atomic E-state index is -0.665. The second-order valence-corrected chi connectivity index (χ2v) is 10.2. The highest BCUT2D eigenvalue weighted by Crippen LogP contribution is 2.19. The van der Waals surface area contributed by atoms with Gasteiger partial charge in [0.1, 0.15) is 11.4 Å². The topological polar surface area (TPSA) is 103 Å². The standard InChI is InChI=1S/C29H39N5O3/c1-21-20-22(11-16-25(21)27(35)33(7)18-9-17-32(5)6)10-8-19-34(28(36)37-29(2,3)4)24-14-12-23(13-15-24)26(30)31/h11-16,20H,9,17-19H2,1-7H3,(H3,30,31). The summed E-state index contributed by atoms with van der Waals surface area (Å²) in [6.45, 7) is 9.02. The fourth-order valence-corrected chi connectivity index (χ4v) is 3.53. The Morgan fingerprint density at radius 1 is 1.03 bits per heavy atom. The van der Waals surface area contributed by atoms with Gasteiger partial charge in [0.15, 0.2) is 0 Å². The fraction of sp³-hybridized carbons (Fsp3) is 0.414. The first-order valence-corrected chi connectivity index (χ1v) is 12.2. The van der Waals surface area contributed by atoms with Crippen LogP contribution in [-0.4, -0.2) is 74.0 Å². The summed E-state index contributed by atoms with van der Waals surface area (Å²) in [6, 6.07) is 12.3. The van der Waals surface area contributed by atoms with E-state index in [1.807, 2.05) is 40.2 Å². The molecule has 0 atom stereocenters. The maximum atomic E-state index is 12.9. The van der Waals surface area contributed by atoms with Gasteiger partial charge in [0, 0.05) is 36.0 Å². The quantitative estimate of drug-likeness (QED) is 0.320. The number of carbonyl (C=O) groups excluding carboxylic acids is 2. The van der Waals surface area contributed by atoms with Crippen LogP contribution in [0.5, 0.6) is 0 Å². The maximum absolute atomic E-state index is 12.9. The van der Waals surface area contributed by atoms with Crippen LogP contribution in [-0.2, 0) is 4.74 Å². The molecule has 0 aliphatic heterocycles. The van der Waals surface area contributed by atoms with Crippen LogP contribution in [0, 0.1) is 24.2 Å². The first-order valence-electron chi connectivity index (χ1n) is 12.2. The molecular weight excluding hydrogens is 466 g/mol. The van der Waals surface area contributed by atoms with E-state index in [-0.39, 0.29) is 18.3 Å². The van der Waals surface area contributed by atoms with Gasteiger partial charge in [-0.15, -0.1) is 0 Å². The summed E-state index contributed by atoms with van der Waals surface area (Å²) in [5.41, 5.74) is 8.28. The predicted molar refractivity (Wildman–Crippen MR) is 149 cm³/mol. The van der Waals surface area contributed by atoms with Crippen molar-refractivity contribution in [3.8, 4) is 11.8 Å². The zero-order valence-corrected chi connectivity index (χ0v) is 23.0. The zero-order valence-electron chi connectivity index (χ0n) is 23.0. The number of hydrogen-bond donors (Lipinski definition) is 2. The van der Waals surface area contributed by atoms with Crippen molar-refractivity contribution in [3.05, 3.63) is 64.7 Å². The van der Waals surface area contributed by atoms with Gasteiger partial charge in [-0.2, -0.15) is 0 Å². The van der Waals surface area contributed by atoms with Crippen LogP contribution >= 0.6 is 0 Å². The Labute approximate surface area is 220 Å². The monoisotopic (exact) mass is 505 g/mol. The molecule has 8 nitrogen and oxygen atoms in total. The average molecular weight is 506 g/mol. The van der Waals surface area contributed by atoms with Crippen LogP contribution in [0.1, 0.15) is 54.2 Å². The molecule has 198 valence electrons. The fourth-order valence-electron chi connectivity index (χ4n) is 3.53. The lowest BCUT2D eigenvalue weighted by molar-refractivity contribution is 0.0584. The third-order valence-electron chi connectivity index (χ3n) is 5.48. The Hall–Kier alpha value is -3.83. The smallest absolute Gasteiger partial charge is 0.415 e. The molecule has 2 amide bonds. The van der Waals surface area contributed by atoms with Gasteiger partial charge in [-0.25, -0.2) is 4.79 Å². The van der Waals surface area contributed by atoms with Crippen molar-refractivity contribution in [2.24, 2.45) is 5.73 Å². The van der Waals surface area contributed by atoms with Gasteiger partial charge in [0.05, 0.1) is 6.54 Å². The van der Waals surface area contributed by atoms with Crippen LogP contribution in [0.15, 0.2) is 42.5 Å². The van der Waals surface area contributed by atoms with Crippen LogP contribution in [0.2, 0.25) is 0 Å². The molecule has 0 aliphatic rings. The molecule has 0 unspecified atom stereocenters. The van der Waals surface area contributed by atoms with Crippen molar-refractivity contribution in [1.29, 1.82) is 5.41 Å². The molecule has 2 aromatic rings. The first kappa shape index (κ1) is 29.4. The minimum Gasteiger partial charge on any atom is -0.443 e. The third kappa shape index (κ3) is 9.28. The SMILES string of the molecule is Cc1cc(C#CCN(C(=O)OC(C)(C)C)c2ccc(C(=N)N)cc2)ccc1C(=O)N(C)CCCN(C)C. The van der Waals surface area contributed by atoms with Crippen LogP contribution in [0.4, 0.5) is 10.5 Å². The Kier molecular flexibility index (Phi) is 10.3. The number of benzene rings is 2. The van der Waals surface area contributed by atoms with Crippen molar-refractivity contribution in [2.75, 3.05) is 45.7 Å². The van der Waals surface area contributed by atoms with Crippen molar-refractivity contribution in [1.82, 2.24) is 9.80 Å². The van der Waals surface area contributed by atoms with E-state index in [1.165, 1.54) is 4.90 Å². The molecule has 0 spiro atoms. The van der Waals surface area contributed by atoms with E-state index >= 15 is 0 Å². The van der Waals surface area contributed by atoms with Crippen LogP contribution < -0.4 is 10.6 Å². The molecule has 2 rings (SSSR count). The lowest BCUT2D eigenvalue weighted by atomic mass is 10.0. The number of hydrogen-bond acceptors (Lipinski definition) is 5. The first-order chi connectivity index (χ1) is 17.3. The van der Waals surface area contributed by atoms with E-state index in [2.05, 4.69) is 16.7 Å². The number of anilines is 1. The number of amidine groups is 1. The van der Waals surface area contributed by atoms with Gasteiger partial charge in [-0.05, 0) is 103 Å². The number of nitrogens with zero attached hydrogens (tertiary/aromatic N) is 3. The lowest BCUT2D eigenvalue weighted by Crippen LogP contribution is -2.37. The summed E-state index contributed by atoms with van der Waals surface area (Å²) in [4.78, 5) is 31.0. The van der Waals surface area contributed by atoms with E-state index in [0.717, 1.165) is 24.1 Å². The van der Waals surface area contributed by atoms with E-state index in [9.17, 15) is 9.59 Å². The van der Waals surface area contributed by atoms with Crippen molar-refractivity contribution < 1.29 is 14.3 Å². The van der Waals surface area contributed by atoms with Gasteiger partial charge < -0.3 is 20.3 Å². The van der Waals surface area contributed by atoms with Gasteiger partial charge in [0.2, 0.25) is 0 Å². The molecule has 0 saturated heterocycles. The highest BCUT2D eigenvalue weighted by molar-refractivity contribution is 5.96. The number of aryl methyl sites for hydroxylation is 1. The molecule has 0 aromatic heterocycles. The molecule has 3 N–H and O–H groups in total. The molecule has 0 fully saturated rings. The highest BCUT2D eigenvalue weighted by Gasteiger charge is 2.23. The van der Waals surface area contributed by atoms with E-state index in [4.69, 9.17) is 15.9 Å². The van der Waals surface area contributed by atoms with Crippen molar-refractivity contribution in [3.63, 3.8) is 0 Å². The molecular formula is C29H39N5O3. The number of nitrogen functional groups attached to an aromatic ring is 1. The summed E-state index contributed by atoms with van der Waals surface area (Å²) in [5, 5.41) is 7.57. The zero-order chi connectivity index (χ0) is 27.8. The molecule has 0 aliphatic carbocycles.